The van der Waals surface area contributed by atoms with Gasteiger partial charge < -0.3 is 5.32 Å². The maximum Gasteiger partial charge on any atom is 0.220 e. The number of unbranched alkanes of at least 4 members (excludes halogenated alkanes) is 2. The third-order valence-corrected chi connectivity index (χ3v) is 2.16. The molecule has 0 aliphatic carbocycles. The van der Waals surface area contributed by atoms with Crippen LogP contribution in [0.1, 0.15) is 59.3 Å². The molecule has 0 aliphatic heterocycles. The fraction of sp³-hybridized carbons (Fsp3) is 0.833. The van der Waals surface area contributed by atoms with Crippen molar-refractivity contribution in [3.05, 3.63) is 6.54 Å². The number of carbonyl (C=O) groups excluding carboxylic acids is 1. The SMILES string of the molecule is CCCCCC(=O)N[CH]CCC(C)C. The van der Waals surface area contributed by atoms with Crippen molar-refractivity contribution in [3.8, 4) is 0 Å². The lowest BCUT2D eigenvalue weighted by Gasteiger charge is -2.05. The first kappa shape index (κ1) is 13.5. The van der Waals surface area contributed by atoms with Crippen molar-refractivity contribution in [2.75, 3.05) is 0 Å². The Morgan fingerprint density at radius 2 is 2.07 bits per heavy atom. The minimum absolute atomic E-state index is 0.169. The van der Waals surface area contributed by atoms with E-state index in [1.807, 2.05) is 6.54 Å². The predicted octanol–water partition coefficient (Wildman–Crippen LogP) is 3.28. The van der Waals surface area contributed by atoms with E-state index in [9.17, 15) is 4.79 Å². The minimum Gasteiger partial charge on any atom is -0.351 e. The van der Waals surface area contributed by atoms with Crippen molar-refractivity contribution in [3.63, 3.8) is 0 Å². The van der Waals surface area contributed by atoms with Crippen LogP contribution in [-0.2, 0) is 4.79 Å². The van der Waals surface area contributed by atoms with Gasteiger partial charge in [0.05, 0.1) is 0 Å². The van der Waals surface area contributed by atoms with Gasteiger partial charge in [0, 0.05) is 13.0 Å². The minimum atomic E-state index is 0.169. The first-order chi connectivity index (χ1) is 6.66. The quantitative estimate of drug-likeness (QED) is 0.596. The van der Waals surface area contributed by atoms with E-state index in [1.54, 1.807) is 0 Å². The van der Waals surface area contributed by atoms with E-state index in [-0.39, 0.29) is 5.91 Å². The second-order valence-electron chi connectivity index (χ2n) is 4.20. The molecule has 2 heteroatoms. The molecule has 0 atom stereocenters. The molecule has 83 valence electrons. The lowest BCUT2D eigenvalue weighted by molar-refractivity contribution is -0.120. The Balaban J connectivity index is 3.18. The first-order valence-electron chi connectivity index (χ1n) is 5.77. The molecular weight excluding hydrogens is 174 g/mol. The molecule has 0 fully saturated rings. The van der Waals surface area contributed by atoms with Crippen molar-refractivity contribution in [1.29, 1.82) is 0 Å². The highest BCUT2D eigenvalue weighted by molar-refractivity contribution is 5.76. The first-order valence-corrected chi connectivity index (χ1v) is 5.77. The van der Waals surface area contributed by atoms with Gasteiger partial charge in [0.15, 0.2) is 0 Å². The molecule has 1 radical (unpaired) electrons. The van der Waals surface area contributed by atoms with Gasteiger partial charge in [0.25, 0.3) is 0 Å². The summed E-state index contributed by atoms with van der Waals surface area (Å²) in [6.45, 7) is 8.43. The largest absolute Gasteiger partial charge is 0.351 e. The number of amides is 1. The van der Waals surface area contributed by atoms with Gasteiger partial charge in [-0.1, -0.05) is 33.6 Å². The average molecular weight is 198 g/mol. The van der Waals surface area contributed by atoms with Gasteiger partial charge in [-0.2, -0.15) is 0 Å². The molecule has 0 spiro atoms. The topological polar surface area (TPSA) is 29.1 Å². The van der Waals surface area contributed by atoms with Crippen LogP contribution in [0, 0.1) is 12.5 Å². The summed E-state index contributed by atoms with van der Waals surface area (Å²) in [5, 5.41) is 2.83. The number of hydrogen-bond donors (Lipinski definition) is 1. The average Bonchev–Trinajstić information content (AvgIpc) is 2.13. The highest BCUT2D eigenvalue weighted by Crippen LogP contribution is 2.04. The molecule has 0 saturated carbocycles. The van der Waals surface area contributed by atoms with Crippen LogP contribution in [0.2, 0.25) is 0 Å². The summed E-state index contributed by atoms with van der Waals surface area (Å²) in [5.74, 6) is 0.880. The van der Waals surface area contributed by atoms with Gasteiger partial charge in [-0.15, -0.1) is 0 Å². The van der Waals surface area contributed by atoms with Gasteiger partial charge in [-0.25, -0.2) is 0 Å². The lowest BCUT2D eigenvalue weighted by Crippen LogP contribution is -2.20. The second kappa shape index (κ2) is 9.04. The van der Waals surface area contributed by atoms with Crippen LogP contribution < -0.4 is 5.32 Å². The third kappa shape index (κ3) is 9.56. The molecule has 14 heavy (non-hydrogen) atoms. The van der Waals surface area contributed by atoms with Gasteiger partial charge >= 0.3 is 0 Å². The normalized spacial score (nSPS) is 10.6. The molecule has 0 aromatic carbocycles. The van der Waals surface area contributed by atoms with Crippen LogP contribution in [0.25, 0.3) is 0 Å². The van der Waals surface area contributed by atoms with Gasteiger partial charge in [0.1, 0.15) is 0 Å². The Morgan fingerprint density at radius 3 is 2.64 bits per heavy atom. The van der Waals surface area contributed by atoms with E-state index in [1.165, 1.54) is 6.42 Å². The highest BCUT2D eigenvalue weighted by Gasteiger charge is 2.00. The highest BCUT2D eigenvalue weighted by atomic mass is 16.1. The van der Waals surface area contributed by atoms with Crippen molar-refractivity contribution in [1.82, 2.24) is 5.32 Å². The molecule has 0 aromatic rings. The van der Waals surface area contributed by atoms with Crippen LogP contribution >= 0.6 is 0 Å². The van der Waals surface area contributed by atoms with Gasteiger partial charge in [-0.05, 0) is 25.2 Å². The summed E-state index contributed by atoms with van der Waals surface area (Å²) < 4.78 is 0. The van der Waals surface area contributed by atoms with Crippen LogP contribution in [0.4, 0.5) is 0 Å². The van der Waals surface area contributed by atoms with E-state index in [2.05, 4.69) is 26.1 Å². The van der Waals surface area contributed by atoms with Crippen LogP contribution in [0.3, 0.4) is 0 Å². The number of nitrogens with one attached hydrogen (secondary N) is 1. The molecular formula is C12H24NO. The van der Waals surface area contributed by atoms with Gasteiger partial charge in [-0.3, -0.25) is 4.79 Å². The lowest BCUT2D eigenvalue weighted by atomic mass is 10.1. The molecule has 0 aliphatic rings. The Bertz CT molecular complexity index is 143. The zero-order valence-corrected chi connectivity index (χ0v) is 9.81. The monoisotopic (exact) mass is 198 g/mol. The standard InChI is InChI=1S/C12H24NO/c1-4-5-6-9-12(14)13-10-7-8-11(2)3/h10-11H,4-9H2,1-3H3,(H,13,14). The van der Waals surface area contributed by atoms with E-state index >= 15 is 0 Å². The maximum atomic E-state index is 11.2. The third-order valence-electron chi connectivity index (χ3n) is 2.16. The fourth-order valence-corrected chi connectivity index (χ4v) is 1.21. The summed E-state index contributed by atoms with van der Waals surface area (Å²) in [7, 11) is 0. The molecule has 0 heterocycles. The zero-order chi connectivity index (χ0) is 10.8. The Hall–Kier alpha value is -0.530. The number of hydrogen-bond acceptors (Lipinski definition) is 1. The molecule has 0 unspecified atom stereocenters. The molecule has 1 amide bonds. The zero-order valence-electron chi connectivity index (χ0n) is 9.81. The summed E-state index contributed by atoms with van der Waals surface area (Å²) >= 11 is 0. The molecule has 0 saturated heterocycles. The van der Waals surface area contributed by atoms with Crippen LogP contribution in [0.5, 0.6) is 0 Å². The van der Waals surface area contributed by atoms with E-state index in [0.717, 1.165) is 25.7 Å². The summed E-state index contributed by atoms with van der Waals surface area (Å²) in [6, 6.07) is 0. The Labute approximate surface area is 88.5 Å². The Morgan fingerprint density at radius 1 is 1.36 bits per heavy atom. The Kier molecular flexibility index (Phi) is 8.70. The summed E-state index contributed by atoms with van der Waals surface area (Å²) in [6.07, 6.45) is 6.14. The maximum absolute atomic E-state index is 11.2. The summed E-state index contributed by atoms with van der Waals surface area (Å²) in [5.41, 5.74) is 0. The summed E-state index contributed by atoms with van der Waals surface area (Å²) in [4.78, 5) is 11.2. The molecule has 1 N–H and O–H groups in total. The molecule has 0 aromatic heterocycles. The fourth-order valence-electron chi connectivity index (χ4n) is 1.21. The van der Waals surface area contributed by atoms with E-state index in [0.29, 0.717) is 12.3 Å². The van der Waals surface area contributed by atoms with Crippen molar-refractivity contribution >= 4 is 5.91 Å². The van der Waals surface area contributed by atoms with Gasteiger partial charge in [0.2, 0.25) is 5.91 Å². The smallest absolute Gasteiger partial charge is 0.220 e. The van der Waals surface area contributed by atoms with Crippen molar-refractivity contribution in [2.45, 2.75) is 59.3 Å². The van der Waals surface area contributed by atoms with Crippen LogP contribution in [-0.4, -0.2) is 5.91 Å². The van der Waals surface area contributed by atoms with Crippen LogP contribution in [0.15, 0.2) is 0 Å². The molecule has 2 nitrogen and oxygen atoms in total. The number of carbonyl (C=O) groups is 1. The van der Waals surface area contributed by atoms with E-state index in [4.69, 9.17) is 0 Å². The second-order valence-corrected chi connectivity index (χ2v) is 4.20. The molecule has 0 rings (SSSR count). The predicted molar refractivity (Wildman–Crippen MR) is 60.7 cm³/mol. The molecule has 0 bridgehead atoms. The number of rotatable bonds is 8. The van der Waals surface area contributed by atoms with Crippen molar-refractivity contribution < 1.29 is 4.79 Å². The van der Waals surface area contributed by atoms with Crippen molar-refractivity contribution in [2.24, 2.45) is 5.92 Å². The van der Waals surface area contributed by atoms with E-state index < -0.39 is 0 Å².